The van der Waals surface area contributed by atoms with Crippen LogP contribution in [-0.2, 0) is 14.3 Å². The number of nitrogens with zero attached hydrogens (tertiary/aromatic N) is 1. The lowest BCUT2D eigenvalue weighted by Gasteiger charge is -2.11. The van der Waals surface area contributed by atoms with Gasteiger partial charge in [-0.2, -0.15) is 4.39 Å². The molecule has 1 aliphatic heterocycles. The third kappa shape index (κ3) is 7.78. The first-order valence-electron chi connectivity index (χ1n) is 9.34. The van der Waals surface area contributed by atoms with Crippen molar-refractivity contribution in [2.75, 3.05) is 19.5 Å². The molecule has 1 saturated heterocycles. The van der Waals surface area contributed by atoms with Crippen molar-refractivity contribution in [2.24, 2.45) is 0 Å². The number of anilines is 1. The highest BCUT2D eigenvalue weighted by molar-refractivity contribution is 5.95. The molecule has 0 radical (unpaired) electrons. The van der Waals surface area contributed by atoms with Crippen LogP contribution >= 0.6 is 0 Å². The van der Waals surface area contributed by atoms with E-state index in [9.17, 15) is 18.4 Å². The van der Waals surface area contributed by atoms with Gasteiger partial charge in [0, 0.05) is 11.9 Å². The van der Waals surface area contributed by atoms with E-state index in [1.165, 1.54) is 38.6 Å². The Morgan fingerprint density at radius 3 is 2.45 bits per heavy atom. The van der Waals surface area contributed by atoms with E-state index in [0.717, 1.165) is 12.5 Å². The quantitative estimate of drug-likeness (QED) is 0.572. The molecule has 1 fully saturated rings. The van der Waals surface area contributed by atoms with Crippen molar-refractivity contribution in [3.05, 3.63) is 67.0 Å². The smallest absolute Gasteiger partial charge is 0.356 e. The fourth-order valence-corrected chi connectivity index (χ4v) is 2.58. The zero-order valence-corrected chi connectivity index (χ0v) is 17.7. The summed E-state index contributed by atoms with van der Waals surface area (Å²) in [4.78, 5) is 27.1. The summed E-state index contributed by atoms with van der Waals surface area (Å²) in [6.07, 6.45) is 2.72. The number of aromatic nitrogens is 1. The number of amides is 1. The highest BCUT2D eigenvalue weighted by Gasteiger charge is 2.28. The highest BCUT2D eigenvalue weighted by atomic mass is 19.2. The van der Waals surface area contributed by atoms with Crippen LogP contribution in [0.4, 0.5) is 14.5 Å². The lowest BCUT2D eigenvalue weighted by Crippen LogP contribution is -2.27. The minimum atomic E-state index is -0.940. The predicted octanol–water partition coefficient (Wildman–Crippen LogP) is 4.15. The summed E-state index contributed by atoms with van der Waals surface area (Å²) < 4.78 is 39.4. The molecule has 0 aliphatic carbocycles. The van der Waals surface area contributed by atoms with E-state index in [1.54, 1.807) is 6.07 Å². The first kappa shape index (κ1) is 25.7. The Kier molecular flexibility index (Phi) is 10.8. The van der Waals surface area contributed by atoms with Crippen LogP contribution in [0.5, 0.6) is 5.75 Å². The van der Waals surface area contributed by atoms with Crippen molar-refractivity contribution < 1.29 is 32.6 Å². The van der Waals surface area contributed by atoms with Gasteiger partial charge >= 0.3 is 5.97 Å². The number of pyridine rings is 1. The Morgan fingerprint density at radius 1 is 1.19 bits per heavy atom. The molecule has 9 heteroatoms. The second kappa shape index (κ2) is 13.1. The van der Waals surface area contributed by atoms with E-state index in [1.807, 2.05) is 6.92 Å². The van der Waals surface area contributed by atoms with E-state index in [-0.39, 0.29) is 23.5 Å². The predicted molar refractivity (Wildman–Crippen MR) is 112 cm³/mol. The Hall–Kier alpha value is -3.33. The molecular formula is C22H26F2N2O5. The SMILES string of the molecule is C=C.COC(=O)c1cc(NC(=O)C2CCC(C)O2)ccn1.COc1cccc(F)c1F. The highest BCUT2D eigenvalue weighted by Crippen LogP contribution is 2.21. The van der Waals surface area contributed by atoms with Gasteiger partial charge in [0.25, 0.3) is 5.91 Å². The van der Waals surface area contributed by atoms with Crippen molar-refractivity contribution in [1.82, 2.24) is 4.98 Å². The monoisotopic (exact) mass is 436 g/mol. The lowest BCUT2D eigenvalue weighted by atomic mass is 10.2. The molecule has 2 unspecified atom stereocenters. The summed E-state index contributed by atoms with van der Waals surface area (Å²) in [5.74, 6) is -2.64. The maximum Gasteiger partial charge on any atom is 0.356 e. The van der Waals surface area contributed by atoms with Gasteiger partial charge in [0.15, 0.2) is 11.6 Å². The molecule has 1 amide bonds. The summed E-state index contributed by atoms with van der Waals surface area (Å²) in [5.41, 5.74) is 0.657. The van der Waals surface area contributed by atoms with Crippen LogP contribution in [0.3, 0.4) is 0 Å². The van der Waals surface area contributed by atoms with E-state index >= 15 is 0 Å². The van der Waals surface area contributed by atoms with Gasteiger partial charge in [-0.05, 0) is 44.0 Å². The van der Waals surface area contributed by atoms with E-state index in [4.69, 9.17) is 4.74 Å². The Balaban J connectivity index is 0.000000337. The minimum absolute atomic E-state index is 0.0694. The number of halogens is 2. The molecule has 0 spiro atoms. The molecule has 0 saturated carbocycles. The van der Waals surface area contributed by atoms with E-state index < -0.39 is 23.7 Å². The molecule has 3 rings (SSSR count). The summed E-state index contributed by atoms with van der Waals surface area (Å²) >= 11 is 0. The van der Waals surface area contributed by atoms with Crippen molar-refractivity contribution in [2.45, 2.75) is 32.0 Å². The normalized spacial score (nSPS) is 16.7. The Morgan fingerprint density at radius 2 is 1.90 bits per heavy atom. The summed E-state index contributed by atoms with van der Waals surface area (Å²) in [6.45, 7) is 7.94. The summed E-state index contributed by atoms with van der Waals surface area (Å²) in [5, 5.41) is 2.71. The Bertz CT molecular complexity index is 879. The average Bonchev–Trinajstić information content (AvgIpc) is 3.23. The molecule has 1 aromatic carbocycles. The number of hydrogen-bond donors (Lipinski definition) is 1. The van der Waals surface area contributed by atoms with Gasteiger partial charge in [-0.1, -0.05) is 6.07 Å². The molecule has 2 aromatic rings. The number of benzene rings is 1. The van der Waals surface area contributed by atoms with Gasteiger partial charge in [0.1, 0.15) is 11.8 Å². The average molecular weight is 436 g/mol. The van der Waals surface area contributed by atoms with Crippen molar-refractivity contribution in [3.8, 4) is 5.75 Å². The van der Waals surface area contributed by atoms with Crippen LogP contribution in [-0.4, -0.2) is 43.3 Å². The van der Waals surface area contributed by atoms with Crippen molar-refractivity contribution >= 4 is 17.6 Å². The van der Waals surface area contributed by atoms with Gasteiger partial charge in [-0.15, -0.1) is 13.2 Å². The second-order valence-corrected chi connectivity index (χ2v) is 6.18. The van der Waals surface area contributed by atoms with Crippen LogP contribution in [0.25, 0.3) is 0 Å². The number of ether oxygens (including phenoxy) is 3. The van der Waals surface area contributed by atoms with Crippen molar-refractivity contribution in [1.29, 1.82) is 0 Å². The van der Waals surface area contributed by atoms with Gasteiger partial charge in [-0.3, -0.25) is 4.79 Å². The van der Waals surface area contributed by atoms with E-state index in [2.05, 4.69) is 32.9 Å². The topological polar surface area (TPSA) is 86.8 Å². The number of methoxy groups -OCH3 is 2. The molecule has 31 heavy (non-hydrogen) atoms. The van der Waals surface area contributed by atoms with Gasteiger partial charge in [0.2, 0.25) is 5.82 Å². The van der Waals surface area contributed by atoms with Gasteiger partial charge in [-0.25, -0.2) is 14.2 Å². The van der Waals surface area contributed by atoms with Crippen molar-refractivity contribution in [3.63, 3.8) is 0 Å². The molecule has 1 aromatic heterocycles. The fourth-order valence-electron chi connectivity index (χ4n) is 2.58. The zero-order chi connectivity index (χ0) is 23.4. The van der Waals surface area contributed by atoms with Gasteiger partial charge in [0.05, 0.1) is 20.3 Å². The molecule has 1 aliphatic rings. The maximum atomic E-state index is 12.5. The summed E-state index contributed by atoms with van der Waals surface area (Å²) in [7, 11) is 2.57. The number of carbonyl (C=O) groups is 2. The van der Waals surface area contributed by atoms with Crippen LogP contribution in [0.2, 0.25) is 0 Å². The first-order valence-corrected chi connectivity index (χ1v) is 9.34. The standard InChI is InChI=1S/C13H16N2O4.C7H6F2O.C2H4/c1-8-3-4-11(19-8)12(16)15-9-5-6-14-10(7-9)13(17)18-2;1-10-6-4-2-3-5(8)7(6)9;1-2/h5-8,11H,3-4H2,1-2H3,(H,14,15,16);2-4H,1H3;1-2H2. The van der Waals surface area contributed by atoms with E-state index in [0.29, 0.717) is 12.1 Å². The number of nitrogens with one attached hydrogen (secondary N) is 1. The fraction of sp³-hybridized carbons (Fsp3) is 0.318. The largest absolute Gasteiger partial charge is 0.494 e. The molecule has 0 bridgehead atoms. The molecule has 7 nitrogen and oxygen atoms in total. The number of rotatable bonds is 4. The van der Waals surface area contributed by atoms with Crippen LogP contribution in [0.15, 0.2) is 49.7 Å². The Labute approximate surface area is 180 Å². The van der Waals surface area contributed by atoms with Crippen LogP contribution in [0, 0.1) is 11.6 Å². The lowest BCUT2D eigenvalue weighted by molar-refractivity contribution is -0.126. The number of carbonyl (C=O) groups excluding carboxylic acids is 2. The molecular weight excluding hydrogens is 410 g/mol. The first-order chi connectivity index (χ1) is 14.8. The number of esters is 1. The third-order valence-corrected chi connectivity index (χ3v) is 4.08. The van der Waals surface area contributed by atoms with Crippen LogP contribution < -0.4 is 10.1 Å². The van der Waals surface area contributed by atoms with Gasteiger partial charge < -0.3 is 19.5 Å². The third-order valence-electron chi connectivity index (χ3n) is 4.08. The number of hydrogen-bond acceptors (Lipinski definition) is 6. The van der Waals surface area contributed by atoms with Crippen LogP contribution in [0.1, 0.15) is 30.3 Å². The molecule has 2 atom stereocenters. The molecule has 1 N–H and O–H groups in total. The molecule has 168 valence electrons. The summed E-state index contributed by atoms with van der Waals surface area (Å²) in [6, 6.07) is 6.87. The molecule has 2 heterocycles. The minimum Gasteiger partial charge on any atom is -0.494 e. The zero-order valence-electron chi connectivity index (χ0n) is 17.7. The maximum absolute atomic E-state index is 12.5. The second-order valence-electron chi connectivity index (χ2n) is 6.18.